The smallest absolute Gasteiger partial charge is 0.251 e. The molecule has 5 nitrogen and oxygen atoms in total. The quantitative estimate of drug-likeness (QED) is 0.936. The van der Waals surface area contributed by atoms with Gasteiger partial charge in [-0.2, -0.15) is 0 Å². The van der Waals surface area contributed by atoms with Gasteiger partial charge in [-0.3, -0.25) is 0 Å². The monoisotopic (exact) mass is 288 g/mol. The minimum Gasteiger partial charge on any atom is -0.490 e. The van der Waals surface area contributed by atoms with Gasteiger partial charge >= 0.3 is 0 Å². The third kappa shape index (κ3) is 3.24. The second kappa shape index (κ2) is 5.85. The predicted octanol–water partition coefficient (Wildman–Crippen LogP) is 3.06. The molecule has 1 N–H and O–H groups in total. The Labute approximate surface area is 124 Å². The lowest BCUT2D eigenvalue weighted by Crippen LogP contribution is -2.39. The number of hydrogen-bond donors (Lipinski definition) is 1. The van der Waals surface area contributed by atoms with E-state index in [9.17, 15) is 5.11 Å². The van der Waals surface area contributed by atoms with Gasteiger partial charge in [-0.05, 0) is 43.7 Å². The molecule has 1 aromatic heterocycles. The predicted molar refractivity (Wildman–Crippen MR) is 77.8 cm³/mol. The molecule has 3 rings (SSSR count). The Morgan fingerprint density at radius 3 is 2.81 bits per heavy atom. The van der Waals surface area contributed by atoms with E-state index in [1.807, 2.05) is 24.3 Å². The van der Waals surface area contributed by atoms with Crippen LogP contribution in [0, 0.1) is 5.92 Å². The normalized spacial score (nSPS) is 25.7. The van der Waals surface area contributed by atoms with E-state index < -0.39 is 5.60 Å². The Morgan fingerprint density at radius 1 is 1.33 bits per heavy atom. The van der Waals surface area contributed by atoms with E-state index in [0.29, 0.717) is 24.2 Å². The van der Waals surface area contributed by atoms with Crippen LogP contribution in [0.2, 0.25) is 0 Å². The van der Waals surface area contributed by atoms with Crippen LogP contribution in [0.4, 0.5) is 0 Å². The highest BCUT2D eigenvalue weighted by molar-refractivity contribution is 5.62. The summed E-state index contributed by atoms with van der Waals surface area (Å²) >= 11 is 0. The Balaban J connectivity index is 1.71. The van der Waals surface area contributed by atoms with Crippen molar-refractivity contribution in [3.8, 4) is 17.2 Å². The molecule has 1 fully saturated rings. The molecule has 1 aliphatic rings. The fourth-order valence-electron chi connectivity index (χ4n) is 2.72. The highest BCUT2D eigenvalue weighted by Gasteiger charge is 2.32. The van der Waals surface area contributed by atoms with Crippen molar-refractivity contribution in [2.45, 2.75) is 38.2 Å². The van der Waals surface area contributed by atoms with Crippen molar-refractivity contribution in [3.63, 3.8) is 0 Å². The van der Waals surface area contributed by atoms with E-state index in [0.717, 1.165) is 31.2 Å². The van der Waals surface area contributed by atoms with Crippen molar-refractivity contribution in [1.29, 1.82) is 0 Å². The molecule has 21 heavy (non-hydrogen) atoms. The molecule has 1 heterocycles. The molecule has 1 aromatic carbocycles. The molecule has 0 bridgehead atoms. The molecule has 1 saturated carbocycles. The maximum absolute atomic E-state index is 10.6. The minimum atomic E-state index is -0.728. The highest BCUT2D eigenvalue weighted by Crippen LogP contribution is 2.34. The van der Waals surface area contributed by atoms with Gasteiger partial charge in [0.05, 0.1) is 11.2 Å². The lowest BCUT2D eigenvalue weighted by Gasteiger charge is -2.34. The van der Waals surface area contributed by atoms with Gasteiger partial charge in [-0.25, -0.2) is 0 Å². The van der Waals surface area contributed by atoms with Gasteiger partial charge in [-0.15, -0.1) is 10.2 Å². The van der Waals surface area contributed by atoms with Crippen LogP contribution in [0.25, 0.3) is 11.5 Å². The van der Waals surface area contributed by atoms with Gasteiger partial charge in [0.25, 0.3) is 5.89 Å². The Hall–Kier alpha value is -1.88. The SMILES string of the molecule is CC1CCC(O)(COc2ccccc2-c2nnco2)CC1. The van der Waals surface area contributed by atoms with Crippen LogP contribution in [0.1, 0.15) is 32.6 Å². The van der Waals surface area contributed by atoms with Crippen LogP contribution in [-0.2, 0) is 0 Å². The van der Waals surface area contributed by atoms with E-state index in [4.69, 9.17) is 9.15 Å². The maximum atomic E-state index is 10.6. The van der Waals surface area contributed by atoms with Crippen molar-refractivity contribution in [3.05, 3.63) is 30.7 Å². The van der Waals surface area contributed by atoms with Crippen molar-refractivity contribution < 1.29 is 14.3 Å². The van der Waals surface area contributed by atoms with Gasteiger partial charge in [0, 0.05) is 0 Å². The Bertz CT molecular complexity index is 575. The number of nitrogens with zero attached hydrogens (tertiary/aromatic N) is 2. The summed E-state index contributed by atoms with van der Waals surface area (Å²) in [4.78, 5) is 0. The van der Waals surface area contributed by atoms with Crippen molar-refractivity contribution in [1.82, 2.24) is 10.2 Å². The van der Waals surface area contributed by atoms with Crippen LogP contribution in [0.15, 0.2) is 35.1 Å². The zero-order valence-corrected chi connectivity index (χ0v) is 12.2. The lowest BCUT2D eigenvalue weighted by atomic mass is 9.80. The molecule has 0 radical (unpaired) electrons. The summed E-state index contributed by atoms with van der Waals surface area (Å²) < 4.78 is 11.1. The van der Waals surface area contributed by atoms with E-state index in [-0.39, 0.29) is 0 Å². The summed E-state index contributed by atoms with van der Waals surface area (Å²) in [7, 11) is 0. The molecular formula is C16H20N2O3. The maximum Gasteiger partial charge on any atom is 0.251 e. The Morgan fingerprint density at radius 2 is 2.10 bits per heavy atom. The fourth-order valence-corrected chi connectivity index (χ4v) is 2.72. The molecule has 0 atom stereocenters. The summed E-state index contributed by atoms with van der Waals surface area (Å²) in [6.07, 6.45) is 4.96. The van der Waals surface area contributed by atoms with Crippen molar-refractivity contribution in [2.24, 2.45) is 5.92 Å². The first kappa shape index (κ1) is 14.1. The number of benzene rings is 1. The van der Waals surface area contributed by atoms with Crippen molar-refractivity contribution in [2.75, 3.05) is 6.61 Å². The van der Waals surface area contributed by atoms with Crippen molar-refractivity contribution >= 4 is 0 Å². The average molecular weight is 288 g/mol. The first-order valence-corrected chi connectivity index (χ1v) is 7.37. The molecular weight excluding hydrogens is 268 g/mol. The van der Waals surface area contributed by atoms with Crippen LogP contribution in [0.5, 0.6) is 5.75 Å². The highest BCUT2D eigenvalue weighted by atomic mass is 16.5. The van der Waals surface area contributed by atoms with Gasteiger partial charge in [0.15, 0.2) is 0 Å². The molecule has 0 unspecified atom stereocenters. The molecule has 2 aromatic rings. The minimum absolute atomic E-state index is 0.296. The van der Waals surface area contributed by atoms with E-state index in [1.54, 1.807) is 0 Å². The first-order valence-electron chi connectivity index (χ1n) is 7.37. The van der Waals surface area contributed by atoms with Gasteiger partial charge < -0.3 is 14.3 Å². The van der Waals surface area contributed by atoms with Crippen LogP contribution in [0.3, 0.4) is 0 Å². The number of rotatable bonds is 4. The zero-order chi connectivity index (χ0) is 14.7. The average Bonchev–Trinajstić information content (AvgIpc) is 3.03. The number of ether oxygens (including phenoxy) is 1. The second-order valence-corrected chi connectivity index (χ2v) is 5.94. The second-order valence-electron chi connectivity index (χ2n) is 5.94. The molecule has 0 saturated heterocycles. The molecule has 1 aliphatic carbocycles. The number of hydrogen-bond acceptors (Lipinski definition) is 5. The van der Waals surface area contributed by atoms with E-state index in [2.05, 4.69) is 17.1 Å². The molecule has 0 spiro atoms. The van der Waals surface area contributed by atoms with Crippen LogP contribution >= 0.6 is 0 Å². The van der Waals surface area contributed by atoms with E-state index in [1.165, 1.54) is 6.39 Å². The summed E-state index contributed by atoms with van der Waals surface area (Å²) in [5, 5.41) is 18.2. The number of aliphatic hydroxyl groups is 1. The third-order valence-corrected chi connectivity index (χ3v) is 4.18. The largest absolute Gasteiger partial charge is 0.490 e. The van der Waals surface area contributed by atoms with Crippen LogP contribution < -0.4 is 4.74 Å². The third-order valence-electron chi connectivity index (χ3n) is 4.18. The zero-order valence-electron chi connectivity index (χ0n) is 12.2. The van der Waals surface area contributed by atoms with Gasteiger partial charge in [0.2, 0.25) is 6.39 Å². The standard InChI is InChI=1S/C16H20N2O3/c1-12-6-8-16(19,9-7-12)10-20-14-5-3-2-4-13(14)15-18-17-11-21-15/h2-5,11-12,19H,6-10H2,1H3. The lowest BCUT2D eigenvalue weighted by molar-refractivity contribution is -0.0423. The molecule has 0 amide bonds. The number of aromatic nitrogens is 2. The van der Waals surface area contributed by atoms with E-state index >= 15 is 0 Å². The Kier molecular flexibility index (Phi) is 3.92. The topological polar surface area (TPSA) is 68.4 Å². The summed E-state index contributed by atoms with van der Waals surface area (Å²) in [5.74, 6) is 1.78. The molecule has 5 heteroatoms. The van der Waals surface area contributed by atoms with Gasteiger partial charge in [-0.1, -0.05) is 19.1 Å². The van der Waals surface area contributed by atoms with Gasteiger partial charge in [0.1, 0.15) is 12.4 Å². The molecule has 0 aliphatic heterocycles. The molecule has 112 valence electrons. The van der Waals surface area contributed by atoms with Crippen LogP contribution in [-0.4, -0.2) is 27.5 Å². The summed E-state index contributed by atoms with van der Waals surface area (Å²) in [5.41, 5.74) is 0.0249. The summed E-state index contributed by atoms with van der Waals surface area (Å²) in [6.45, 7) is 2.52. The number of para-hydroxylation sites is 1. The fraction of sp³-hybridized carbons (Fsp3) is 0.500. The summed E-state index contributed by atoms with van der Waals surface area (Å²) in [6, 6.07) is 7.51. The first-order chi connectivity index (χ1) is 10.2.